The van der Waals surface area contributed by atoms with E-state index in [9.17, 15) is 0 Å². The molecule has 0 spiro atoms. The van der Waals surface area contributed by atoms with Crippen molar-refractivity contribution in [3.05, 3.63) is 45.9 Å². The van der Waals surface area contributed by atoms with Crippen molar-refractivity contribution in [2.24, 2.45) is 5.73 Å². The molecule has 1 heterocycles. The predicted molar refractivity (Wildman–Crippen MR) is 80.0 cm³/mol. The van der Waals surface area contributed by atoms with Gasteiger partial charge in [-0.1, -0.05) is 12.1 Å². The van der Waals surface area contributed by atoms with Gasteiger partial charge in [-0.3, -0.25) is 0 Å². The summed E-state index contributed by atoms with van der Waals surface area (Å²) in [5, 5.41) is 3.20. The van der Waals surface area contributed by atoms with E-state index in [0.717, 1.165) is 22.9 Å². The highest BCUT2D eigenvalue weighted by molar-refractivity contribution is 7.09. The highest BCUT2D eigenvalue weighted by atomic mass is 32.1. The molecule has 0 fully saturated rings. The number of aryl methyl sites for hydroxylation is 1. The fraction of sp³-hybridized carbons (Fsp3) is 0.400. The first-order valence-electron chi connectivity index (χ1n) is 6.56. The van der Waals surface area contributed by atoms with Crippen molar-refractivity contribution in [1.29, 1.82) is 0 Å². The molecule has 19 heavy (non-hydrogen) atoms. The van der Waals surface area contributed by atoms with Crippen LogP contribution in [-0.4, -0.2) is 18.1 Å². The molecule has 2 N–H and O–H groups in total. The number of aromatic nitrogens is 1. The number of benzene rings is 1. The number of hydrogen-bond donors (Lipinski definition) is 1. The van der Waals surface area contributed by atoms with Crippen LogP contribution in [-0.2, 0) is 6.42 Å². The van der Waals surface area contributed by atoms with Crippen LogP contribution in [0.2, 0.25) is 0 Å². The number of thiazole rings is 1. The van der Waals surface area contributed by atoms with Crippen LogP contribution in [0.3, 0.4) is 0 Å². The third kappa shape index (κ3) is 3.78. The molecule has 102 valence electrons. The van der Waals surface area contributed by atoms with E-state index in [1.54, 1.807) is 11.3 Å². The van der Waals surface area contributed by atoms with E-state index in [-0.39, 0.29) is 5.92 Å². The van der Waals surface area contributed by atoms with Crippen molar-refractivity contribution >= 4 is 11.3 Å². The zero-order chi connectivity index (χ0) is 13.7. The van der Waals surface area contributed by atoms with Gasteiger partial charge in [-0.25, -0.2) is 4.98 Å². The van der Waals surface area contributed by atoms with Crippen LogP contribution in [0.4, 0.5) is 0 Å². The summed E-state index contributed by atoms with van der Waals surface area (Å²) in [6.45, 7) is 5.32. The molecular formula is C15H20N2OS. The molecule has 0 saturated heterocycles. The Hall–Kier alpha value is -1.39. The van der Waals surface area contributed by atoms with Gasteiger partial charge >= 0.3 is 0 Å². The van der Waals surface area contributed by atoms with E-state index in [4.69, 9.17) is 10.5 Å². The van der Waals surface area contributed by atoms with E-state index in [1.807, 2.05) is 26.0 Å². The minimum Gasteiger partial charge on any atom is -0.494 e. The first kappa shape index (κ1) is 14.0. The summed E-state index contributed by atoms with van der Waals surface area (Å²) in [5.74, 6) is 1.21. The number of rotatable bonds is 6. The van der Waals surface area contributed by atoms with Crippen LogP contribution >= 0.6 is 11.3 Å². The molecule has 1 atom stereocenters. The van der Waals surface area contributed by atoms with Gasteiger partial charge in [0.25, 0.3) is 0 Å². The van der Waals surface area contributed by atoms with Crippen LogP contribution in [0.25, 0.3) is 0 Å². The predicted octanol–water partition coefficient (Wildman–Crippen LogP) is 3.14. The summed E-state index contributed by atoms with van der Waals surface area (Å²) in [6.07, 6.45) is 0.907. The topological polar surface area (TPSA) is 48.1 Å². The summed E-state index contributed by atoms with van der Waals surface area (Å²) in [4.78, 5) is 4.54. The molecule has 0 aliphatic carbocycles. The van der Waals surface area contributed by atoms with Gasteiger partial charge in [0.1, 0.15) is 5.75 Å². The number of nitrogens with zero attached hydrogens (tertiary/aromatic N) is 1. The molecule has 0 aliphatic heterocycles. The van der Waals surface area contributed by atoms with Crippen LogP contribution in [0.5, 0.6) is 5.75 Å². The first-order chi connectivity index (χ1) is 9.22. The van der Waals surface area contributed by atoms with Crippen LogP contribution in [0.1, 0.15) is 29.1 Å². The fourth-order valence-corrected chi connectivity index (χ4v) is 2.96. The highest BCUT2D eigenvalue weighted by Gasteiger charge is 2.14. The monoisotopic (exact) mass is 276 g/mol. The van der Waals surface area contributed by atoms with Crippen LogP contribution in [0.15, 0.2) is 29.6 Å². The maximum absolute atomic E-state index is 5.89. The van der Waals surface area contributed by atoms with Gasteiger partial charge in [-0.05, 0) is 38.0 Å². The second-order valence-electron chi connectivity index (χ2n) is 4.54. The minimum absolute atomic E-state index is 0.288. The van der Waals surface area contributed by atoms with Gasteiger partial charge in [0.15, 0.2) is 0 Å². The minimum atomic E-state index is 0.288. The van der Waals surface area contributed by atoms with E-state index in [2.05, 4.69) is 22.5 Å². The number of hydrogen-bond acceptors (Lipinski definition) is 4. The van der Waals surface area contributed by atoms with Crippen molar-refractivity contribution in [2.75, 3.05) is 13.2 Å². The SMILES string of the molecule is CCOc1cccc(CC(CN)c2nc(C)cs2)c1. The van der Waals surface area contributed by atoms with Crippen molar-refractivity contribution in [2.45, 2.75) is 26.2 Å². The third-order valence-corrected chi connectivity index (χ3v) is 4.09. The molecule has 1 unspecified atom stereocenters. The zero-order valence-corrected chi connectivity index (χ0v) is 12.2. The maximum atomic E-state index is 5.89. The van der Waals surface area contributed by atoms with Crippen molar-refractivity contribution < 1.29 is 4.74 Å². The third-order valence-electron chi connectivity index (χ3n) is 2.96. The zero-order valence-electron chi connectivity index (χ0n) is 11.4. The van der Waals surface area contributed by atoms with Crippen molar-refractivity contribution in [1.82, 2.24) is 4.98 Å². The second-order valence-corrected chi connectivity index (χ2v) is 5.43. The summed E-state index contributed by atoms with van der Waals surface area (Å²) in [6, 6.07) is 8.22. The smallest absolute Gasteiger partial charge is 0.119 e. The van der Waals surface area contributed by atoms with Crippen LogP contribution < -0.4 is 10.5 Å². The molecule has 2 rings (SSSR count). The Labute approximate surface area is 118 Å². The molecular weight excluding hydrogens is 256 g/mol. The molecule has 2 aromatic rings. The summed E-state index contributed by atoms with van der Waals surface area (Å²) < 4.78 is 5.53. The van der Waals surface area contributed by atoms with Gasteiger partial charge in [0.2, 0.25) is 0 Å². The lowest BCUT2D eigenvalue weighted by atomic mass is 10.00. The Morgan fingerprint density at radius 1 is 1.42 bits per heavy atom. The quantitative estimate of drug-likeness (QED) is 0.881. The van der Waals surface area contributed by atoms with E-state index in [0.29, 0.717) is 13.2 Å². The lowest BCUT2D eigenvalue weighted by Crippen LogP contribution is -2.15. The average molecular weight is 276 g/mol. The van der Waals surface area contributed by atoms with Crippen molar-refractivity contribution in [3.63, 3.8) is 0 Å². The normalized spacial score (nSPS) is 12.4. The molecule has 1 aromatic heterocycles. The number of ether oxygens (including phenoxy) is 1. The summed E-state index contributed by atoms with van der Waals surface area (Å²) in [7, 11) is 0. The molecule has 4 heteroatoms. The summed E-state index contributed by atoms with van der Waals surface area (Å²) in [5.41, 5.74) is 8.21. The van der Waals surface area contributed by atoms with Crippen LogP contribution in [0, 0.1) is 6.92 Å². The summed E-state index contributed by atoms with van der Waals surface area (Å²) >= 11 is 1.69. The largest absolute Gasteiger partial charge is 0.494 e. The Kier molecular flexibility index (Phi) is 4.93. The molecule has 0 saturated carbocycles. The Bertz CT molecular complexity index is 524. The fourth-order valence-electron chi connectivity index (χ4n) is 2.04. The molecule has 0 aliphatic rings. The van der Waals surface area contributed by atoms with Gasteiger partial charge in [0.05, 0.1) is 11.6 Å². The lowest BCUT2D eigenvalue weighted by Gasteiger charge is -2.13. The van der Waals surface area contributed by atoms with E-state index >= 15 is 0 Å². The molecule has 0 radical (unpaired) electrons. The van der Waals surface area contributed by atoms with Gasteiger partial charge < -0.3 is 10.5 Å². The van der Waals surface area contributed by atoms with E-state index in [1.165, 1.54) is 5.56 Å². The van der Waals surface area contributed by atoms with Crippen molar-refractivity contribution in [3.8, 4) is 5.75 Å². The maximum Gasteiger partial charge on any atom is 0.119 e. The second kappa shape index (κ2) is 6.68. The van der Waals surface area contributed by atoms with Gasteiger partial charge in [0, 0.05) is 23.5 Å². The Morgan fingerprint density at radius 3 is 2.89 bits per heavy atom. The Balaban J connectivity index is 2.11. The molecule has 0 bridgehead atoms. The Morgan fingerprint density at radius 2 is 2.26 bits per heavy atom. The average Bonchev–Trinajstić information content (AvgIpc) is 2.83. The number of nitrogens with two attached hydrogens (primary N) is 1. The lowest BCUT2D eigenvalue weighted by molar-refractivity contribution is 0.340. The standard InChI is InChI=1S/C15H20N2OS/c1-3-18-14-6-4-5-12(8-14)7-13(9-16)15-17-11(2)10-19-15/h4-6,8,10,13H,3,7,9,16H2,1-2H3. The first-order valence-corrected chi connectivity index (χ1v) is 7.44. The highest BCUT2D eigenvalue weighted by Crippen LogP contribution is 2.25. The molecule has 0 amide bonds. The molecule has 1 aromatic carbocycles. The molecule has 3 nitrogen and oxygen atoms in total. The van der Waals surface area contributed by atoms with E-state index < -0.39 is 0 Å². The van der Waals surface area contributed by atoms with Gasteiger partial charge in [-0.2, -0.15) is 0 Å². The van der Waals surface area contributed by atoms with Gasteiger partial charge in [-0.15, -0.1) is 11.3 Å².